The molecule has 0 saturated heterocycles. The Hall–Kier alpha value is -2.34. The summed E-state index contributed by atoms with van der Waals surface area (Å²) in [5.41, 5.74) is 2.58. The molecule has 0 aromatic heterocycles. The highest BCUT2D eigenvalue weighted by Crippen LogP contribution is 2.35. The summed E-state index contributed by atoms with van der Waals surface area (Å²) >= 11 is 12.1. The fourth-order valence-electron chi connectivity index (χ4n) is 2.73. The highest BCUT2D eigenvalue weighted by Gasteiger charge is 2.13. The van der Waals surface area contributed by atoms with Crippen molar-refractivity contribution in [2.75, 3.05) is 0 Å². The first-order chi connectivity index (χ1) is 15.0. The molecule has 0 aliphatic heterocycles. The quantitative estimate of drug-likeness (QED) is 0.189. The van der Waals surface area contributed by atoms with E-state index in [1.54, 1.807) is 12.1 Å². The lowest BCUT2D eigenvalue weighted by molar-refractivity contribution is -0.117. The number of hydrogen-bond donors (Lipinski definition) is 1. The molecule has 0 bridgehead atoms. The fraction of sp³-hybridized carbons (Fsp3) is 0.0833. The van der Waals surface area contributed by atoms with E-state index >= 15 is 0 Å². The van der Waals surface area contributed by atoms with E-state index in [9.17, 15) is 10.1 Å². The molecule has 7 heteroatoms. The summed E-state index contributed by atoms with van der Waals surface area (Å²) in [7, 11) is 0. The van der Waals surface area contributed by atoms with E-state index in [2.05, 4.69) is 43.8 Å². The molecule has 31 heavy (non-hydrogen) atoms. The van der Waals surface area contributed by atoms with E-state index in [1.807, 2.05) is 60.7 Å². The fourth-order valence-corrected chi connectivity index (χ4v) is 4.07. The van der Waals surface area contributed by atoms with Crippen LogP contribution < -0.4 is 10.1 Å². The van der Waals surface area contributed by atoms with Crippen molar-refractivity contribution in [3.63, 3.8) is 0 Å². The van der Waals surface area contributed by atoms with Crippen LogP contribution in [0, 0.1) is 14.9 Å². The van der Waals surface area contributed by atoms with Crippen molar-refractivity contribution in [1.82, 2.24) is 5.32 Å². The zero-order chi connectivity index (χ0) is 22.2. The molecule has 0 heterocycles. The zero-order valence-electron chi connectivity index (χ0n) is 16.2. The van der Waals surface area contributed by atoms with Crippen LogP contribution in [0.15, 0.2) is 76.8 Å². The molecule has 0 saturated carbocycles. The summed E-state index contributed by atoms with van der Waals surface area (Å²) < 4.78 is 7.66. The minimum Gasteiger partial charge on any atom is -0.486 e. The molecule has 156 valence electrons. The van der Waals surface area contributed by atoms with Gasteiger partial charge in [0.15, 0.2) is 5.75 Å². The molecule has 0 spiro atoms. The van der Waals surface area contributed by atoms with Crippen LogP contribution in [0.5, 0.6) is 5.75 Å². The van der Waals surface area contributed by atoms with Gasteiger partial charge in [-0.25, -0.2) is 0 Å². The van der Waals surface area contributed by atoms with Gasteiger partial charge in [-0.2, -0.15) is 5.26 Å². The summed E-state index contributed by atoms with van der Waals surface area (Å²) in [6, 6.07) is 22.9. The maximum atomic E-state index is 12.4. The van der Waals surface area contributed by atoms with Crippen LogP contribution in [0.4, 0.5) is 0 Å². The number of halogens is 3. The summed E-state index contributed by atoms with van der Waals surface area (Å²) in [6.07, 6.45) is 1.50. The largest absolute Gasteiger partial charge is 0.486 e. The van der Waals surface area contributed by atoms with Crippen LogP contribution in [0.25, 0.3) is 6.08 Å². The number of benzene rings is 3. The predicted molar refractivity (Wildman–Crippen MR) is 135 cm³/mol. The average Bonchev–Trinajstić information content (AvgIpc) is 2.77. The van der Waals surface area contributed by atoms with Gasteiger partial charge in [-0.3, -0.25) is 4.79 Å². The molecule has 0 atom stereocenters. The third kappa shape index (κ3) is 6.82. The molecule has 0 aliphatic rings. The number of amides is 1. The van der Waals surface area contributed by atoms with E-state index in [1.165, 1.54) is 6.08 Å². The molecule has 0 aliphatic carbocycles. The van der Waals surface area contributed by atoms with Crippen molar-refractivity contribution in [3.05, 3.63) is 102 Å². The van der Waals surface area contributed by atoms with Crippen molar-refractivity contribution < 1.29 is 9.53 Å². The van der Waals surface area contributed by atoms with Gasteiger partial charge in [0, 0.05) is 10.1 Å². The van der Waals surface area contributed by atoms with Gasteiger partial charge in [-0.05, 0) is 85.6 Å². The Balaban J connectivity index is 1.71. The number of hydrogen-bond acceptors (Lipinski definition) is 3. The summed E-state index contributed by atoms with van der Waals surface area (Å²) in [5.74, 6) is 0.0574. The number of rotatable bonds is 7. The van der Waals surface area contributed by atoms with Crippen LogP contribution in [-0.2, 0) is 17.9 Å². The maximum absolute atomic E-state index is 12.4. The summed E-state index contributed by atoms with van der Waals surface area (Å²) in [4.78, 5) is 12.4. The van der Waals surface area contributed by atoms with Gasteiger partial charge in [0.25, 0.3) is 5.91 Å². The van der Waals surface area contributed by atoms with E-state index in [4.69, 9.17) is 16.3 Å². The molecule has 3 aromatic rings. The predicted octanol–water partition coefficient (Wildman–Crippen LogP) is 6.51. The lowest BCUT2D eigenvalue weighted by Gasteiger charge is -2.11. The van der Waals surface area contributed by atoms with Crippen LogP contribution in [0.2, 0.25) is 5.02 Å². The number of nitrogens with zero attached hydrogens (tertiary/aromatic N) is 1. The summed E-state index contributed by atoms with van der Waals surface area (Å²) in [6.45, 7) is 0.713. The van der Waals surface area contributed by atoms with Crippen LogP contribution in [0.1, 0.15) is 16.7 Å². The third-order valence-electron chi connectivity index (χ3n) is 4.29. The van der Waals surface area contributed by atoms with Crippen molar-refractivity contribution >= 4 is 62.1 Å². The Morgan fingerprint density at radius 1 is 1.13 bits per heavy atom. The smallest absolute Gasteiger partial charge is 0.262 e. The Labute approximate surface area is 208 Å². The van der Waals surface area contributed by atoms with Crippen molar-refractivity contribution in [2.24, 2.45) is 0 Å². The van der Waals surface area contributed by atoms with Gasteiger partial charge in [0.1, 0.15) is 18.2 Å². The Bertz CT molecular complexity index is 1120. The van der Waals surface area contributed by atoms with E-state index in [0.29, 0.717) is 34.0 Å². The Morgan fingerprint density at radius 2 is 1.84 bits per heavy atom. The standard InChI is InChI=1S/C24H17BrClIN2O2/c25-21-11-18(10-19(13-28)24(30)29-14-16-4-2-1-3-5-16)12-22(26)23(21)31-15-17-6-8-20(27)9-7-17/h1-12H,14-15H2,(H,29,30)/b19-10-. The minimum atomic E-state index is -0.447. The van der Waals surface area contributed by atoms with Gasteiger partial charge in [-0.1, -0.05) is 54.1 Å². The third-order valence-corrected chi connectivity index (χ3v) is 5.88. The minimum absolute atomic E-state index is 0.00791. The summed E-state index contributed by atoms with van der Waals surface area (Å²) in [5, 5.41) is 12.6. The molecular formula is C24H17BrClIN2O2. The second kappa shape index (κ2) is 11.3. The molecule has 0 radical (unpaired) electrons. The number of carbonyl (C=O) groups excluding carboxylic acids is 1. The molecular weight excluding hydrogens is 591 g/mol. The zero-order valence-corrected chi connectivity index (χ0v) is 20.7. The second-order valence-corrected chi connectivity index (χ2v) is 9.07. The molecule has 0 unspecified atom stereocenters. The molecule has 0 fully saturated rings. The molecule has 1 amide bonds. The van der Waals surface area contributed by atoms with Gasteiger partial charge in [0.2, 0.25) is 0 Å². The van der Waals surface area contributed by atoms with Crippen molar-refractivity contribution in [2.45, 2.75) is 13.2 Å². The Morgan fingerprint density at radius 3 is 2.48 bits per heavy atom. The second-order valence-electron chi connectivity index (χ2n) is 6.57. The molecule has 3 rings (SSSR count). The van der Waals surface area contributed by atoms with E-state index in [0.717, 1.165) is 14.7 Å². The lowest BCUT2D eigenvalue weighted by atomic mass is 10.1. The lowest BCUT2D eigenvalue weighted by Crippen LogP contribution is -2.23. The van der Waals surface area contributed by atoms with Crippen molar-refractivity contribution in [3.8, 4) is 11.8 Å². The van der Waals surface area contributed by atoms with Gasteiger partial charge >= 0.3 is 0 Å². The molecule has 1 N–H and O–H groups in total. The topological polar surface area (TPSA) is 62.1 Å². The number of nitrogens with one attached hydrogen (secondary N) is 1. The normalized spacial score (nSPS) is 11.0. The highest BCUT2D eigenvalue weighted by atomic mass is 127. The number of carbonyl (C=O) groups is 1. The van der Waals surface area contributed by atoms with Crippen molar-refractivity contribution in [1.29, 1.82) is 5.26 Å². The van der Waals surface area contributed by atoms with Gasteiger partial charge in [-0.15, -0.1) is 0 Å². The van der Waals surface area contributed by atoms with Crippen LogP contribution in [-0.4, -0.2) is 5.91 Å². The monoisotopic (exact) mass is 606 g/mol. The highest BCUT2D eigenvalue weighted by molar-refractivity contribution is 14.1. The van der Waals surface area contributed by atoms with Crippen LogP contribution in [0.3, 0.4) is 0 Å². The first kappa shape index (κ1) is 23.3. The number of ether oxygens (including phenoxy) is 1. The van der Waals surface area contributed by atoms with E-state index in [-0.39, 0.29) is 5.57 Å². The molecule has 3 aromatic carbocycles. The Kier molecular flexibility index (Phi) is 8.52. The molecule has 4 nitrogen and oxygen atoms in total. The average molecular weight is 608 g/mol. The van der Waals surface area contributed by atoms with E-state index < -0.39 is 5.91 Å². The van der Waals surface area contributed by atoms with Gasteiger partial charge in [0.05, 0.1) is 9.50 Å². The first-order valence-corrected chi connectivity index (χ1v) is 11.5. The van der Waals surface area contributed by atoms with Crippen LogP contribution >= 0.6 is 50.1 Å². The SMILES string of the molecule is N#C/C(=C/c1cc(Cl)c(OCc2ccc(I)cc2)c(Br)c1)C(=O)NCc1ccccc1. The number of nitriles is 1. The first-order valence-electron chi connectivity index (χ1n) is 9.26. The maximum Gasteiger partial charge on any atom is 0.262 e. The van der Waals surface area contributed by atoms with Gasteiger partial charge < -0.3 is 10.1 Å².